The molecule has 0 bridgehead atoms. The summed E-state index contributed by atoms with van der Waals surface area (Å²) in [7, 11) is 0. The monoisotopic (exact) mass is 188 g/mol. The number of benzene rings is 1. The van der Waals surface area contributed by atoms with Crippen LogP contribution in [-0.4, -0.2) is 11.5 Å². The predicted molar refractivity (Wildman–Crippen MR) is 60.2 cm³/mol. The highest BCUT2D eigenvalue weighted by Gasteiger charge is 2.04. The molecule has 2 nitrogen and oxygen atoms in total. The van der Waals surface area contributed by atoms with Gasteiger partial charge in [-0.1, -0.05) is 25.1 Å². The fourth-order valence-corrected chi connectivity index (χ4v) is 1.70. The van der Waals surface area contributed by atoms with Gasteiger partial charge in [0.05, 0.1) is 0 Å². The highest BCUT2D eigenvalue weighted by molar-refractivity contribution is 5.80. The van der Waals surface area contributed by atoms with Crippen molar-refractivity contribution in [2.24, 2.45) is 11.7 Å². The summed E-state index contributed by atoms with van der Waals surface area (Å²) in [6, 6.07) is 10.6. The zero-order chi connectivity index (χ0) is 9.97. The topological polar surface area (TPSA) is 41.8 Å². The molecule has 1 aromatic carbocycles. The number of hydrogen-bond donors (Lipinski definition) is 2. The second-order valence-electron chi connectivity index (χ2n) is 3.93. The highest BCUT2D eigenvalue weighted by Crippen LogP contribution is 2.16. The van der Waals surface area contributed by atoms with Gasteiger partial charge in [-0.2, -0.15) is 0 Å². The Morgan fingerprint density at radius 2 is 2.14 bits per heavy atom. The third kappa shape index (κ3) is 1.80. The SMILES string of the molecule is CC(CN)Cc1cc2ccccc2[nH]1. The van der Waals surface area contributed by atoms with E-state index in [4.69, 9.17) is 5.73 Å². The van der Waals surface area contributed by atoms with Crippen LogP contribution in [0.15, 0.2) is 30.3 Å². The smallest absolute Gasteiger partial charge is 0.0456 e. The fourth-order valence-electron chi connectivity index (χ4n) is 1.70. The van der Waals surface area contributed by atoms with E-state index in [-0.39, 0.29) is 0 Å². The second kappa shape index (κ2) is 3.84. The molecule has 1 heterocycles. The third-order valence-corrected chi connectivity index (χ3v) is 2.56. The molecule has 0 radical (unpaired) electrons. The molecule has 1 unspecified atom stereocenters. The lowest BCUT2D eigenvalue weighted by atomic mass is 10.1. The molecule has 2 aromatic rings. The first kappa shape index (κ1) is 9.28. The number of nitrogens with one attached hydrogen (secondary N) is 1. The summed E-state index contributed by atoms with van der Waals surface area (Å²) in [4.78, 5) is 3.41. The van der Waals surface area contributed by atoms with Crippen LogP contribution >= 0.6 is 0 Å². The molecule has 0 amide bonds. The average molecular weight is 188 g/mol. The molecule has 2 rings (SSSR count). The van der Waals surface area contributed by atoms with Gasteiger partial charge in [-0.15, -0.1) is 0 Å². The van der Waals surface area contributed by atoms with Crippen LogP contribution in [-0.2, 0) is 6.42 Å². The molecular formula is C12H16N2. The lowest BCUT2D eigenvalue weighted by Gasteiger charge is -2.04. The van der Waals surface area contributed by atoms with Gasteiger partial charge in [-0.05, 0) is 36.4 Å². The van der Waals surface area contributed by atoms with Gasteiger partial charge >= 0.3 is 0 Å². The molecule has 0 saturated carbocycles. The zero-order valence-electron chi connectivity index (χ0n) is 8.46. The van der Waals surface area contributed by atoms with Crippen LogP contribution in [0.5, 0.6) is 0 Å². The fraction of sp³-hybridized carbons (Fsp3) is 0.333. The van der Waals surface area contributed by atoms with Crippen molar-refractivity contribution in [1.82, 2.24) is 4.98 Å². The molecule has 1 aromatic heterocycles. The molecule has 0 aliphatic carbocycles. The minimum Gasteiger partial charge on any atom is -0.358 e. The van der Waals surface area contributed by atoms with Crippen LogP contribution in [0.3, 0.4) is 0 Å². The van der Waals surface area contributed by atoms with Gasteiger partial charge in [0.25, 0.3) is 0 Å². The van der Waals surface area contributed by atoms with Crippen molar-refractivity contribution in [3.8, 4) is 0 Å². The Hall–Kier alpha value is -1.28. The summed E-state index contributed by atoms with van der Waals surface area (Å²) in [5.74, 6) is 0.545. The van der Waals surface area contributed by atoms with E-state index in [1.807, 2.05) is 0 Å². The molecule has 0 aliphatic rings. The van der Waals surface area contributed by atoms with Crippen LogP contribution < -0.4 is 5.73 Å². The Bertz CT molecular complexity index is 384. The first-order valence-corrected chi connectivity index (χ1v) is 5.06. The van der Waals surface area contributed by atoms with E-state index in [9.17, 15) is 0 Å². The van der Waals surface area contributed by atoms with Crippen molar-refractivity contribution in [3.05, 3.63) is 36.0 Å². The van der Waals surface area contributed by atoms with Crippen LogP contribution in [0, 0.1) is 5.92 Å². The number of aromatic amines is 1. The van der Waals surface area contributed by atoms with Crippen LogP contribution in [0.25, 0.3) is 10.9 Å². The van der Waals surface area contributed by atoms with E-state index in [0.717, 1.165) is 13.0 Å². The van der Waals surface area contributed by atoms with Crippen molar-refractivity contribution in [2.75, 3.05) is 6.54 Å². The zero-order valence-corrected chi connectivity index (χ0v) is 8.46. The molecular weight excluding hydrogens is 172 g/mol. The molecule has 74 valence electrons. The van der Waals surface area contributed by atoms with Crippen molar-refractivity contribution in [2.45, 2.75) is 13.3 Å². The number of H-pyrrole nitrogens is 1. The summed E-state index contributed by atoms with van der Waals surface area (Å²) >= 11 is 0. The summed E-state index contributed by atoms with van der Waals surface area (Å²) < 4.78 is 0. The van der Waals surface area contributed by atoms with Crippen molar-refractivity contribution >= 4 is 10.9 Å². The van der Waals surface area contributed by atoms with Gasteiger partial charge < -0.3 is 10.7 Å². The number of para-hydroxylation sites is 1. The van der Waals surface area contributed by atoms with E-state index >= 15 is 0 Å². The molecule has 0 fully saturated rings. The third-order valence-electron chi connectivity index (χ3n) is 2.56. The number of rotatable bonds is 3. The van der Waals surface area contributed by atoms with Crippen molar-refractivity contribution in [3.63, 3.8) is 0 Å². The molecule has 3 N–H and O–H groups in total. The normalized spacial score (nSPS) is 13.3. The van der Waals surface area contributed by atoms with Gasteiger partial charge in [0.15, 0.2) is 0 Å². The van der Waals surface area contributed by atoms with E-state index in [1.54, 1.807) is 0 Å². The molecule has 0 spiro atoms. The molecule has 0 saturated heterocycles. The van der Waals surface area contributed by atoms with Crippen LogP contribution in [0.1, 0.15) is 12.6 Å². The standard InChI is InChI=1S/C12H16N2/c1-9(8-13)6-11-7-10-4-2-3-5-12(10)14-11/h2-5,7,9,14H,6,8,13H2,1H3. The van der Waals surface area contributed by atoms with Gasteiger partial charge in [0, 0.05) is 11.2 Å². The maximum atomic E-state index is 5.60. The summed E-state index contributed by atoms with van der Waals surface area (Å²) in [6.07, 6.45) is 1.03. The van der Waals surface area contributed by atoms with Crippen molar-refractivity contribution in [1.29, 1.82) is 0 Å². The largest absolute Gasteiger partial charge is 0.358 e. The molecule has 14 heavy (non-hydrogen) atoms. The molecule has 2 heteroatoms. The first-order chi connectivity index (χ1) is 6.79. The summed E-state index contributed by atoms with van der Waals surface area (Å²) in [5, 5.41) is 1.28. The minimum absolute atomic E-state index is 0.545. The lowest BCUT2D eigenvalue weighted by molar-refractivity contribution is 0.586. The van der Waals surface area contributed by atoms with Crippen LogP contribution in [0.4, 0.5) is 0 Å². The van der Waals surface area contributed by atoms with E-state index in [2.05, 4.69) is 42.2 Å². The number of nitrogens with two attached hydrogens (primary N) is 1. The molecule has 0 aliphatic heterocycles. The van der Waals surface area contributed by atoms with E-state index < -0.39 is 0 Å². The van der Waals surface area contributed by atoms with E-state index in [0.29, 0.717) is 5.92 Å². The second-order valence-corrected chi connectivity index (χ2v) is 3.93. The maximum Gasteiger partial charge on any atom is 0.0456 e. The minimum atomic E-state index is 0.545. The van der Waals surface area contributed by atoms with Crippen LogP contribution in [0.2, 0.25) is 0 Å². The number of hydrogen-bond acceptors (Lipinski definition) is 1. The van der Waals surface area contributed by atoms with Gasteiger partial charge in [0.2, 0.25) is 0 Å². The Kier molecular flexibility index (Phi) is 2.55. The van der Waals surface area contributed by atoms with Gasteiger partial charge in [0.1, 0.15) is 0 Å². The Morgan fingerprint density at radius 3 is 2.86 bits per heavy atom. The Balaban J connectivity index is 2.27. The predicted octanol–water partition coefficient (Wildman–Crippen LogP) is 2.31. The van der Waals surface area contributed by atoms with E-state index in [1.165, 1.54) is 16.6 Å². The summed E-state index contributed by atoms with van der Waals surface area (Å²) in [5.41, 5.74) is 8.10. The maximum absolute atomic E-state index is 5.60. The number of fused-ring (bicyclic) bond motifs is 1. The quantitative estimate of drug-likeness (QED) is 0.762. The summed E-state index contributed by atoms with van der Waals surface area (Å²) in [6.45, 7) is 2.92. The first-order valence-electron chi connectivity index (χ1n) is 5.06. The molecule has 1 atom stereocenters. The van der Waals surface area contributed by atoms with Gasteiger partial charge in [-0.25, -0.2) is 0 Å². The Morgan fingerprint density at radius 1 is 1.36 bits per heavy atom. The van der Waals surface area contributed by atoms with Crippen molar-refractivity contribution < 1.29 is 0 Å². The Labute approximate surface area is 84.1 Å². The average Bonchev–Trinajstić information content (AvgIpc) is 2.59. The van der Waals surface area contributed by atoms with Gasteiger partial charge in [-0.3, -0.25) is 0 Å². The highest BCUT2D eigenvalue weighted by atomic mass is 14.7. The number of aromatic nitrogens is 1. The lowest BCUT2D eigenvalue weighted by Crippen LogP contribution is -2.13.